The highest BCUT2D eigenvalue weighted by molar-refractivity contribution is 7.91. The van der Waals surface area contributed by atoms with Crippen molar-refractivity contribution in [3.63, 3.8) is 0 Å². The first-order valence-electron chi connectivity index (χ1n) is 6.08. The van der Waals surface area contributed by atoms with Crippen LogP contribution in [0.15, 0.2) is 0 Å². The average Bonchev–Trinajstić information content (AvgIpc) is 2.81. The predicted octanol–water partition coefficient (Wildman–Crippen LogP) is 1.02. The van der Waals surface area contributed by atoms with Crippen LogP contribution in [0.25, 0.3) is 0 Å². The van der Waals surface area contributed by atoms with Crippen molar-refractivity contribution in [2.75, 3.05) is 11.5 Å². The molecule has 1 rings (SSSR count). The quantitative estimate of drug-likeness (QED) is 0.683. The highest BCUT2D eigenvalue weighted by Gasteiger charge is 2.24. The standard InChI is InChI=1S/C13H17O5S/c14-12(11-5-1-2-6-11)7-3-9-19(17,18)10-4-8-13(15)16/h1-2,5-6H,3-4,7-10H2,(H,15,16). The van der Waals surface area contributed by atoms with Gasteiger partial charge in [0.1, 0.15) is 15.6 Å². The number of ketones is 1. The van der Waals surface area contributed by atoms with Gasteiger partial charge in [0.25, 0.3) is 0 Å². The largest absolute Gasteiger partial charge is 0.481 e. The lowest BCUT2D eigenvalue weighted by molar-refractivity contribution is -0.137. The summed E-state index contributed by atoms with van der Waals surface area (Å²) in [4.78, 5) is 21.9. The first kappa shape index (κ1) is 16.1. The van der Waals surface area contributed by atoms with Crippen LogP contribution in [0, 0.1) is 31.6 Å². The van der Waals surface area contributed by atoms with E-state index in [0.717, 1.165) is 0 Å². The normalized spacial score (nSPS) is 16.6. The molecule has 1 aliphatic carbocycles. The Kier molecular flexibility index (Phi) is 6.48. The van der Waals surface area contributed by atoms with Crippen molar-refractivity contribution >= 4 is 21.6 Å². The molecule has 5 nitrogen and oxygen atoms in total. The topological polar surface area (TPSA) is 88.5 Å². The lowest BCUT2D eigenvalue weighted by Crippen LogP contribution is -2.15. The molecule has 0 atom stereocenters. The minimum absolute atomic E-state index is 0.0641. The molecule has 1 aliphatic rings. The van der Waals surface area contributed by atoms with Gasteiger partial charge in [0.15, 0.2) is 0 Å². The van der Waals surface area contributed by atoms with Gasteiger partial charge in [0.2, 0.25) is 0 Å². The first-order valence-corrected chi connectivity index (χ1v) is 7.90. The highest BCUT2D eigenvalue weighted by atomic mass is 32.2. The molecule has 0 saturated heterocycles. The van der Waals surface area contributed by atoms with Crippen LogP contribution in [0.5, 0.6) is 0 Å². The molecule has 0 heterocycles. The van der Waals surface area contributed by atoms with Crippen LogP contribution in [0.1, 0.15) is 25.7 Å². The summed E-state index contributed by atoms with van der Waals surface area (Å²) in [6.45, 7) is 0. The molecule has 1 N–H and O–H groups in total. The van der Waals surface area contributed by atoms with Gasteiger partial charge in [-0.1, -0.05) is 0 Å². The number of hydrogen-bond acceptors (Lipinski definition) is 4. The van der Waals surface area contributed by atoms with E-state index < -0.39 is 15.8 Å². The Morgan fingerprint density at radius 1 is 1.00 bits per heavy atom. The van der Waals surface area contributed by atoms with Gasteiger partial charge in [-0.3, -0.25) is 9.59 Å². The third-order valence-corrected chi connectivity index (χ3v) is 4.51. The number of rotatable bonds is 9. The van der Waals surface area contributed by atoms with Gasteiger partial charge in [-0.2, -0.15) is 0 Å². The molecule has 5 radical (unpaired) electrons. The van der Waals surface area contributed by atoms with Crippen LogP contribution in [0.2, 0.25) is 0 Å². The fourth-order valence-electron chi connectivity index (χ4n) is 1.70. The molecule has 105 valence electrons. The fourth-order valence-corrected chi connectivity index (χ4v) is 3.07. The second-order valence-corrected chi connectivity index (χ2v) is 6.65. The SMILES string of the molecule is O=C(O)CCCS(=O)(=O)CCCC(=O)[C]1[CH][CH][CH][CH]1. The molecule has 0 unspecified atom stereocenters. The Balaban J connectivity index is 2.19. The molecule has 6 heteroatoms. The molecule has 0 amide bonds. The van der Waals surface area contributed by atoms with Gasteiger partial charge in [0.05, 0.1) is 11.5 Å². The van der Waals surface area contributed by atoms with Crippen molar-refractivity contribution in [2.45, 2.75) is 25.7 Å². The van der Waals surface area contributed by atoms with Crippen molar-refractivity contribution in [2.24, 2.45) is 0 Å². The summed E-state index contributed by atoms with van der Waals surface area (Å²) in [7, 11) is -3.26. The Labute approximate surface area is 114 Å². The molecule has 0 spiro atoms. The Morgan fingerprint density at radius 2 is 1.53 bits per heavy atom. The van der Waals surface area contributed by atoms with Gasteiger partial charge < -0.3 is 5.11 Å². The zero-order chi connectivity index (χ0) is 14.3. The summed E-state index contributed by atoms with van der Waals surface area (Å²) in [5, 5.41) is 8.43. The third kappa shape index (κ3) is 6.71. The number of carbonyl (C=O) groups excluding carboxylic acids is 1. The monoisotopic (exact) mass is 285 g/mol. The smallest absolute Gasteiger partial charge is 0.303 e. The van der Waals surface area contributed by atoms with Crippen molar-refractivity contribution in [1.29, 1.82) is 0 Å². The van der Waals surface area contributed by atoms with Crippen LogP contribution >= 0.6 is 0 Å². The van der Waals surface area contributed by atoms with Crippen LogP contribution in [-0.2, 0) is 19.4 Å². The first-order chi connectivity index (χ1) is 8.91. The summed E-state index contributed by atoms with van der Waals surface area (Å²) in [6, 6.07) is 0. The molecule has 19 heavy (non-hydrogen) atoms. The van der Waals surface area contributed by atoms with Gasteiger partial charge in [0, 0.05) is 18.8 Å². The highest BCUT2D eigenvalue weighted by Crippen LogP contribution is 2.25. The van der Waals surface area contributed by atoms with E-state index in [0.29, 0.717) is 5.92 Å². The lowest BCUT2D eigenvalue weighted by atomic mass is 9.99. The van der Waals surface area contributed by atoms with Crippen molar-refractivity contribution < 1.29 is 23.1 Å². The maximum absolute atomic E-state index is 11.6. The van der Waals surface area contributed by atoms with E-state index in [1.54, 1.807) is 25.7 Å². The van der Waals surface area contributed by atoms with Crippen molar-refractivity contribution in [3.8, 4) is 0 Å². The molecular weight excluding hydrogens is 268 g/mol. The number of sulfone groups is 1. The minimum Gasteiger partial charge on any atom is -0.481 e. The van der Waals surface area contributed by atoms with E-state index in [-0.39, 0.29) is 43.0 Å². The van der Waals surface area contributed by atoms with Crippen molar-refractivity contribution in [1.82, 2.24) is 0 Å². The zero-order valence-electron chi connectivity index (χ0n) is 10.5. The number of carboxylic acids is 1. The average molecular weight is 285 g/mol. The number of Topliss-reactive ketones (excluding diaryl/α,β-unsaturated/α-hetero) is 1. The molecule has 1 saturated carbocycles. The predicted molar refractivity (Wildman–Crippen MR) is 70.2 cm³/mol. The van der Waals surface area contributed by atoms with E-state index >= 15 is 0 Å². The van der Waals surface area contributed by atoms with Gasteiger partial charge in [-0.25, -0.2) is 8.42 Å². The van der Waals surface area contributed by atoms with E-state index in [4.69, 9.17) is 5.11 Å². The third-order valence-electron chi connectivity index (χ3n) is 2.69. The van der Waals surface area contributed by atoms with Gasteiger partial charge in [-0.05, 0) is 38.5 Å². The Hall–Kier alpha value is -0.910. The molecular formula is C13H17O5S. The minimum atomic E-state index is -3.26. The van der Waals surface area contributed by atoms with Crippen molar-refractivity contribution in [3.05, 3.63) is 31.6 Å². The van der Waals surface area contributed by atoms with E-state index in [9.17, 15) is 18.0 Å². The van der Waals surface area contributed by atoms with E-state index in [1.165, 1.54) is 0 Å². The number of aliphatic carboxylic acids is 1. The van der Waals surface area contributed by atoms with Gasteiger partial charge in [-0.15, -0.1) is 0 Å². The molecule has 0 aromatic heterocycles. The van der Waals surface area contributed by atoms with Crippen LogP contribution in [0.4, 0.5) is 0 Å². The maximum Gasteiger partial charge on any atom is 0.303 e. The summed E-state index contributed by atoms with van der Waals surface area (Å²) in [6.07, 6.45) is 7.36. The van der Waals surface area contributed by atoms with E-state index in [1.807, 2.05) is 0 Å². The Bertz CT molecular complexity index is 407. The molecule has 0 aromatic carbocycles. The summed E-state index contributed by atoms with van der Waals surface area (Å²) >= 11 is 0. The number of carboxylic acid groups (broad SMARTS) is 1. The maximum atomic E-state index is 11.6. The zero-order valence-corrected chi connectivity index (χ0v) is 11.4. The second kappa shape index (κ2) is 7.62. The second-order valence-electron chi connectivity index (χ2n) is 4.35. The molecule has 0 aliphatic heterocycles. The fraction of sp³-hybridized carbons (Fsp3) is 0.462. The summed E-state index contributed by atoms with van der Waals surface area (Å²) < 4.78 is 23.2. The van der Waals surface area contributed by atoms with E-state index in [2.05, 4.69) is 0 Å². The number of carbonyl (C=O) groups is 2. The lowest BCUT2D eigenvalue weighted by Gasteiger charge is -2.06. The summed E-state index contributed by atoms with van der Waals surface area (Å²) in [5.41, 5.74) is 0. The molecule has 0 aromatic rings. The van der Waals surface area contributed by atoms with Crippen LogP contribution in [0.3, 0.4) is 0 Å². The molecule has 0 bridgehead atoms. The van der Waals surface area contributed by atoms with Gasteiger partial charge >= 0.3 is 5.97 Å². The Morgan fingerprint density at radius 3 is 2.05 bits per heavy atom. The molecule has 1 fully saturated rings. The van der Waals surface area contributed by atoms with Crippen LogP contribution < -0.4 is 0 Å². The summed E-state index contributed by atoms with van der Waals surface area (Å²) in [5.74, 6) is -0.668. The van der Waals surface area contributed by atoms with Crippen LogP contribution in [-0.4, -0.2) is 36.8 Å². The number of hydrogen-bond donors (Lipinski definition) is 1.